The van der Waals surface area contributed by atoms with E-state index in [0.29, 0.717) is 11.3 Å². The Labute approximate surface area is 105 Å². The Kier molecular flexibility index (Phi) is 3.19. The van der Waals surface area contributed by atoms with Gasteiger partial charge in [-0.05, 0) is 35.4 Å². The van der Waals surface area contributed by atoms with Crippen LogP contribution >= 0.6 is 0 Å². The van der Waals surface area contributed by atoms with E-state index in [4.69, 9.17) is 16.2 Å². The van der Waals surface area contributed by atoms with Crippen molar-refractivity contribution < 1.29 is 9.53 Å². The minimum absolute atomic E-state index is 0.336. The number of nitrogens with two attached hydrogens (primary N) is 2. The van der Waals surface area contributed by atoms with E-state index in [2.05, 4.69) is 0 Å². The van der Waals surface area contributed by atoms with Crippen molar-refractivity contribution in [2.75, 3.05) is 12.8 Å². The molecule has 2 aromatic carbocycles. The smallest absolute Gasteiger partial charge is 0.250 e. The van der Waals surface area contributed by atoms with E-state index in [0.717, 1.165) is 16.9 Å². The van der Waals surface area contributed by atoms with E-state index >= 15 is 0 Å². The van der Waals surface area contributed by atoms with Crippen LogP contribution in [0.2, 0.25) is 0 Å². The number of rotatable bonds is 3. The fraction of sp³-hybridized carbons (Fsp3) is 0.0714. The highest BCUT2D eigenvalue weighted by atomic mass is 16.5. The lowest BCUT2D eigenvalue weighted by Gasteiger charge is -2.07. The largest absolute Gasteiger partial charge is 0.497 e. The maximum Gasteiger partial charge on any atom is 0.250 e. The van der Waals surface area contributed by atoms with Gasteiger partial charge in [0.25, 0.3) is 5.91 Å². The van der Waals surface area contributed by atoms with E-state index in [9.17, 15) is 4.79 Å². The molecule has 4 nitrogen and oxygen atoms in total. The van der Waals surface area contributed by atoms with Gasteiger partial charge in [0.1, 0.15) is 5.75 Å². The van der Waals surface area contributed by atoms with Crippen LogP contribution < -0.4 is 16.2 Å². The molecule has 0 bridgehead atoms. The molecule has 18 heavy (non-hydrogen) atoms. The zero-order valence-electron chi connectivity index (χ0n) is 10.0. The molecule has 0 aromatic heterocycles. The van der Waals surface area contributed by atoms with Gasteiger partial charge in [-0.15, -0.1) is 0 Å². The second-order valence-electron chi connectivity index (χ2n) is 3.89. The Morgan fingerprint density at radius 2 is 1.67 bits per heavy atom. The molecule has 0 saturated carbocycles. The molecule has 92 valence electrons. The SMILES string of the molecule is COc1ccc(-c2ccc(N)c(C(N)=O)c2)cc1. The summed E-state index contributed by atoms with van der Waals surface area (Å²) in [5.74, 6) is 0.257. The molecule has 0 aliphatic rings. The van der Waals surface area contributed by atoms with Crippen molar-refractivity contribution in [3.63, 3.8) is 0 Å². The Hall–Kier alpha value is -2.49. The van der Waals surface area contributed by atoms with Crippen molar-refractivity contribution in [3.05, 3.63) is 48.0 Å². The minimum atomic E-state index is -0.525. The molecule has 1 amide bonds. The summed E-state index contributed by atoms with van der Waals surface area (Å²) in [6.07, 6.45) is 0. The molecule has 2 aromatic rings. The van der Waals surface area contributed by atoms with E-state index in [1.807, 2.05) is 30.3 Å². The molecule has 0 heterocycles. The molecule has 0 spiro atoms. The highest BCUT2D eigenvalue weighted by molar-refractivity contribution is 5.99. The molecule has 2 rings (SSSR count). The number of carbonyl (C=O) groups is 1. The topological polar surface area (TPSA) is 78.3 Å². The van der Waals surface area contributed by atoms with Crippen LogP contribution in [0.3, 0.4) is 0 Å². The first-order chi connectivity index (χ1) is 8.61. The molecular weight excluding hydrogens is 228 g/mol. The number of benzene rings is 2. The Balaban J connectivity index is 2.44. The average molecular weight is 242 g/mol. The standard InChI is InChI=1S/C14H14N2O2/c1-18-11-5-2-9(3-6-11)10-4-7-13(15)12(8-10)14(16)17/h2-8H,15H2,1H3,(H2,16,17). The Morgan fingerprint density at radius 3 is 2.22 bits per heavy atom. The number of methoxy groups -OCH3 is 1. The fourth-order valence-electron chi connectivity index (χ4n) is 1.73. The first kappa shape index (κ1) is 12.0. The Bertz CT molecular complexity index is 577. The van der Waals surface area contributed by atoms with Crippen molar-refractivity contribution in [3.8, 4) is 16.9 Å². The van der Waals surface area contributed by atoms with Crippen molar-refractivity contribution in [2.24, 2.45) is 5.73 Å². The van der Waals surface area contributed by atoms with Gasteiger partial charge in [0.2, 0.25) is 0 Å². The average Bonchev–Trinajstić information content (AvgIpc) is 2.39. The minimum Gasteiger partial charge on any atom is -0.497 e. The van der Waals surface area contributed by atoms with Crippen LogP contribution in [-0.4, -0.2) is 13.0 Å². The summed E-state index contributed by atoms with van der Waals surface area (Å²) in [6.45, 7) is 0. The summed E-state index contributed by atoms with van der Waals surface area (Å²) < 4.78 is 5.09. The second kappa shape index (κ2) is 4.79. The summed E-state index contributed by atoms with van der Waals surface area (Å²) in [6, 6.07) is 12.8. The van der Waals surface area contributed by atoms with Gasteiger partial charge in [-0.1, -0.05) is 18.2 Å². The lowest BCUT2D eigenvalue weighted by molar-refractivity contribution is 0.100. The van der Waals surface area contributed by atoms with Gasteiger partial charge < -0.3 is 16.2 Å². The number of nitrogen functional groups attached to an aromatic ring is 1. The van der Waals surface area contributed by atoms with Crippen molar-refractivity contribution in [1.29, 1.82) is 0 Å². The molecule has 0 unspecified atom stereocenters. The van der Waals surface area contributed by atoms with Crippen LogP contribution in [0.25, 0.3) is 11.1 Å². The fourth-order valence-corrected chi connectivity index (χ4v) is 1.73. The second-order valence-corrected chi connectivity index (χ2v) is 3.89. The van der Waals surface area contributed by atoms with Crippen LogP contribution in [0.15, 0.2) is 42.5 Å². The van der Waals surface area contributed by atoms with Crippen LogP contribution in [0.1, 0.15) is 10.4 Å². The molecule has 0 saturated heterocycles. The van der Waals surface area contributed by atoms with E-state index in [-0.39, 0.29) is 0 Å². The number of carbonyl (C=O) groups excluding carboxylic acids is 1. The summed E-state index contributed by atoms with van der Waals surface area (Å²) in [5, 5.41) is 0. The molecule has 0 aliphatic carbocycles. The number of hydrogen-bond donors (Lipinski definition) is 2. The highest BCUT2D eigenvalue weighted by Gasteiger charge is 2.07. The van der Waals surface area contributed by atoms with Gasteiger partial charge in [-0.3, -0.25) is 4.79 Å². The number of primary amides is 1. The zero-order chi connectivity index (χ0) is 13.1. The van der Waals surface area contributed by atoms with E-state index in [1.54, 1.807) is 19.2 Å². The monoisotopic (exact) mass is 242 g/mol. The van der Waals surface area contributed by atoms with Crippen LogP contribution in [-0.2, 0) is 0 Å². The first-order valence-corrected chi connectivity index (χ1v) is 5.45. The van der Waals surface area contributed by atoms with E-state index in [1.165, 1.54) is 0 Å². The van der Waals surface area contributed by atoms with Gasteiger partial charge in [0, 0.05) is 5.69 Å². The zero-order valence-corrected chi connectivity index (χ0v) is 10.0. The van der Waals surface area contributed by atoms with Crippen LogP contribution in [0.5, 0.6) is 5.75 Å². The normalized spacial score (nSPS) is 10.1. The van der Waals surface area contributed by atoms with Gasteiger partial charge in [-0.25, -0.2) is 0 Å². The third kappa shape index (κ3) is 2.27. The Morgan fingerprint density at radius 1 is 1.06 bits per heavy atom. The molecular formula is C14H14N2O2. The van der Waals surface area contributed by atoms with Gasteiger partial charge in [-0.2, -0.15) is 0 Å². The van der Waals surface area contributed by atoms with Gasteiger partial charge >= 0.3 is 0 Å². The van der Waals surface area contributed by atoms with Gasteiger partial charge in [0.15, 0.2) is 0 Å². The number of hydrogen-bond acceptors (Lipinski definition) is 3. The third-order valence-corrected chi connectivity index (χ3v) is 2.74. The van der Waals surface area contributed by atoms with Crippen molar-refractivity contribution in [2.45, 2.75) is 0 Å². The van der Waals surface area contributed by atoms with Crippen LogP contribution in [0.4, 0.5) is 5.69 Å². The number of ether oxygens (including phenoxy) is 1. The number of amides is 1. The van der Waals surface area contributed by atoms with Gasteiger partial charge in [0.05, 0.1) is 12.7 Å². The van der Waals surface area contributed by atoms with Crippen molar-refractivity contribution >= 4 is 11.6 Å². The summed E-state index contributed by atoms with van der Waals surface area (Å²) >= 11 is 0. The summed E-state index contributed by atoms with van der Waals surface area (Å²) in [7, 11) is 1.61. The first-order valence-electron chi connectivity index (χ1n) is 5.45. The quantitative estimate of drug-likeness (QED) is 0.808. The van der Waals surface area contributed by atoms with Crippen molar-refractivity contribution in [1.82, 2.24) is 0 Å². The highest BCUT2D eigenvalue weighted by Crippen LogP contribution is 2.25. The lowest BCUT2D eigenvalue weighted by Crippen LogP contribution is -2.13. The molecule has 0 fully saturated rings. The molecule has 4 N–H and O–H groups in total. The van der Waals surface area contributed by atoms with E-state index < -0.39 is 5.91 Å². The maximum atomic E-state index is 11.2. The maximum absolute atomic E-state index is 11.2. The summed E-state index contributed by atoms with van der Waals surface area (Å²) in [5.41, 5.74) is 13.5. The summed E-state index contributed by atoms with van der Waals surface area (Å²) in [4.78, 5) is 11.2. The molecule has 0 radical (unpaired) electrons. The lowest BCUT2D eigenvalue weighted by atomic mass is 10.0. The molecule has 0 aliphatic heterocycles. The number of anilines is 1. The predicted octanol–water partition coefficient (Wildman–Crippen LogP) is 2.04. The third-order valence-electron chi connectivity index (χ3n) is 2.74. The molecule has 0 atom stereocenters. The molecule has 4 heteroatoms. The predicted molar refractivity (Wildman–Crippen MR) is 71.4 cm³/mol. The van der Waals surface area contributed by atoms with Crippen LogP contribution in [0, 0.1) is 0 Å².